The van der Waals surface area contributed by atoms with Crippen molar-refractivity contribution in [3.05, 3.63) is 59.5 Å². The molecule has 0 bridgehead atoms. The number of hydrogen-bond donors (Lipinski definition) is 0. The molecular weight excluding hydrogens is 200 g/mol. The van der Waals surface area contributed by atoms with Crippen LogP contribution in [0.5, 0.6) is 0 Å². The van der Waals surface area contributed by atoms with Gasteiger partial charge in [-0.15, -0.1) is 0 Å². The summed E-state index contributed by atoms with van der Waals surface area (Å²) >= 11 is 0. The van der Waals surface area contributed by atoms with E-state index in [1.807, 2.05) is 12.1 Å². The molecule has 0 saturated carbocycles. The van der Waals surface area contributed by atoms with E-state index in [0.29, 0.717) is 5.56 Å². The summed E-state index contributed by atoms with van der Waals surface area (Å²) in [5.74, 6) is 0.292. The molecule has 0 spiro atoms. The van der Waals surface area contributed by atoms with Gasteiger partial charge in [-0.2, -0.15) is 0 Å². The highest BCUT2D eigenvalue weighted by atomic mass is 16.3. The number of carbonyl (C=O) groups excluding carboxylic acids is 1. The van der Waals surface area contributed by atoms with E-state index in [-0.39, 0.29) is 11.7 Å². The van der Waals surface area contributed by atoms with Gasteiger partial charge in [0.2, 0.25) is 0 Å². The number of furan rings is 1. The first-order valence-electron chi connectivity index (χ1n) is 5.48. The summed E-state index contributed by atoms with van der Waals surface area (Å²) in [7, 11) is 0. The third-order valence-electron chi connectivity index (χ3n) is 3.23. The number of Topliss-reactive ketones (excluding diaryl/α,β-unsaturated/α-hetero) is 1. The first kappa shape index (κ1) is 9.40. The van der Waals surface area contributed by atoms with Crippen LogP contribution in [0.25, 0.3) is 0 Å². The second-order valence-electron chi connectivity index (χ2n) is 4.25. The van der Waals surface area contributed by atoms with E-state index in [1.165, 1.54) is 17.4 Å². The van der Waals surface area contributed by atoms with E-state index >= 15 is 0 Å². The first-order chi connectivity index (χ1) is 7.84. The highest BCUT2D eigenvalue weighted by molar-refractivity contribution is 5.98. The summed E-state index contributed by atoms with van der Waals surface area (Å²) in [5, 5.41) is 0. The molecule has 0 unspecified atom stereocenters. The van der Waals surface area contributed by atoms with E-state index < -0.39 is 0 Å². The fourth-order valence-electron chi connectivity index (χ4n) is 2.38. The fraction of sp³-hybridized carbons (Fsp3) is 0.214. The number of rotatable bonds is 2. The lowest BCUT2D eigenvalue weighted by atomic mass is 9.97. The van der Waals surface area contributed by atoms with E-state index in [0.717, 1.165) is 12.8 Å². The predicted molar refractivity (Wildman–Crippen MR) is 60.4 cm³/mol. The van der Waals surface area contributed by atoms with E-state index in [1.54, 1.807) is 12.3 Å². The number of hydrogen-bond acceptors (Lipinski definition) is 2. The molecule has 16 heavy (non-hydrogen) atoms. The Hall–Kier alpha value is -1.83. The Kier molecular flexibility index (Phi) is 2.13. The molecule has 1 aromatic carbocycles. The van der Waals surface area contributed by atoms with Crippen LogP contribution in [0.1, 0.15) is 21.5 Å². The number of carbonyl (C=O) groups is 1. The second-order valence-corrected chi connectivity index (χ2v) is 4.25. The number of fused-ring (bicyclic) bond motifs is 1. The Balaban J connectivity index is 1.84. The molecule has 0 atom stereocenters. The molecule has 1 heterocycles. The van der Waals surface area contributed by atoms with E-state index in [4.69, 9.17) is 4.42 Å². The van der Waals surface area contributed by atoms with Crippen LogP contribution >= 0.6 is 0 Å². The van der Waals surface area contributed by atoms with Crippen LogP contribution in [0.4, 0.5) is 0 Å². The lowest BCUT2D eigenvalue weighted by molar-refractivity contribution is 0.0924. The van der Waals surface area contributed by atoms with Crippen LogP contribution < -0.4 is 0 Å². The molecule has 0 fully saturated rings. The maximum atomic E-state index is 12.1. The smallest absolute Gasteiger partial charge is 0.169 e. The van der Waals surface area contributed by atoms with Gasteiger partial charge in [-0.1, -0.05) is 24.3 Å². The van der Waals surface area contributed by atoms with Crippen molar-refractivity contribution in [2.45, 2.75) is 12.8 Å². The van der Waals surface area contributed by atoms with Gasteiger partial charge in [-0.25, -0.2) is 0 Å². The Morgan fingerprint density at radius 2 is 1.81 bits per heavy atom. The van der Waals surface area contributed by atoms with Crippen molar-refractivity contribution in [3.8, 4) is 0 Å². The summed E-state index contributed by atoms with van der Waals surface area (Å²) in [6.45, 7) is 0. The van der Waals surface area contributed by atoms with Crippen LogP contribution in [0.15, 0.2) is 47.3 Å². The van der Waals surface area contributed by atoms with Crippen molar-refractivity contribution in [2.24, 2.45) is 5.92 Å². The molecule has 1 aliphatic rings. The van der Waals surface area contributed by atoms with E-state index in [2.05, 4.69) is 12.1 Å². The molecule has 0 N–H and O–H groups in total. The molecule has 2 heteroatoms. The molecule has 3 rings (SSSR count). The minimum atomic E-state index is 0.0926. The highest BCUT2D eigenvalue weighted by Crippen LogP contribution is 2.28. The van der Waals surface area contributed by atoms with Gasteiger partial charge in [0.1, 0.15) is 6.26 Å². The Morgan fingerprint density at radius 3 is 2.38 bits per heavy atom. The first-order valence-corrected chi connectivity index (χ1v) is 5.48. The highest BCUT2D eigenvalue weighted by Gasteiger charge is 2.28. The Bertz CT molecular complexity index is 486. The summed E-state index contributed by atoms with van der Waals surface area (Å²) < 4.78 is 4.95. The van der Waals surface area contributed by atoms with Crippen LogP contribution in [-0.2, 0) is 12.8 Å². The van der Waals surface area contributed by atoms with Gasteiger partial charge < -0.3 is 4.42 Å². The average molecular weight is 212 g/mol. The van der Waals surface area contributed by atoms with Gasteiger partial charge in [0.25, 0.3) is 0 Å². The average Bonchev–Trinajstić information content (AvgIpc) is 2.97. The SMILES string of the molecule is O=C(c1ccoc1)C1Cc2ccccc2C1. The topological polar surface area (TPSA) is 30.2 Å². The maximum Gasteiger partial charge on any atom is 0.169 e. The van der Waals surface area contributed by atoms with Crippen LogP contribution in [0.3, 0.4) is 0 Å². The minimum Gasteiger partial charge on any atom is -0.472 e. The molecule has 0 aliphatic heterocycles. The van der Waals surface area contributed by atoms with Crippen LogP contribution in [0.2, 0.25) is 0 Å². The van der Waals surface area contributed by atoms with Gasteiger partial charge >= 0.3 is 0 Å². The molecule has 80 valence electrons. The summed E-state index contributed by atoms with van der Waals surface area (Å²) in [4.78, 5) is 12.1. The molecule has 1 aliphatic carbocycles. The second kappa shape index (κ2) is 3.63. The van der Waals surface area contributed by atoms with Gasteiger partial charge in [-0.3, -0.25) is 4.79 Å². The maximum absolute atomic E-state index is 12.1. The number of ketones is 1. The van der Waals surface area contributed by atoms with Crippen molar-refractivity contribution in [1.82, 2.24) is 0 Å². The van der Waals surface area contributed by atoms with Gasteiger partial charge in [-0.05, 0) is 30.0 Å². The van der Waals surface area contributed by atoms with Crippen LogP contribution in [0, 0.1) is 5.92 Å². The molecule has 2 nitrogen and oxygen atoms in total. The monoisotopic (exact) mass is 212 g/mol. The van der Waals surface area contributed by atoms with Crippen molar-refractivity contribution in [1.29, 1.82) is 0 Å². The van der Waals surface area contributed by atoms with Crippen molar-refractivity contribution in [3.63, 3.8) is 0 Å². The normalized spacial score (nSPS) is 15.0. The quantitative estimate of drug-likeness (QED) is 0.716. The molecular formula is C14H12O2. The Labute approximate surface area is 93.9 Å². The predicted octanol–water partition coefficient (Wildman–Crippen LogP) is 2.88. The zero-order valence-corrected chi connectivity index (χ0v) is 8.85. The summed E-state index contributed by atoms with van der Waals surface area (Å²) in [6, 6.07) is 10.0. The molecule has 1 aromatic heterocycles. The van der Waals surface area contributed by atoms with Crippen LogP contribution in [-0.4, -0.2) is 5.78 Å². The standard InChI is InChI=1S/C14H12O2/c15-14(12-5-6-16-9-12)13-7-10-3-1-2-4-11(10)8-13/h1-6,9,13H,7-8H2. The third kappa shape index (κ3) is 1.47. The number of benzene rings is 1. The molecule has 0 saturated heterocycles. The van der Waals surface area contributed by atoms with Gasteiger partial charge in [0, 0.05) is 5.92 Å². The van der Waals surface area contributed by atoms with Crippen molar-refractivity contribution in [2.75, 3.05) is 0 Å². The largest absolute Gasteiger partial charge is 0.472 e. The zero-order valence-electron chi connectivity index (χ0n) is 8.85. The van der Waals surface area contributed by atoms with Crippen molar-refractivity contribution < 1.29 is 9.21 Å². The van der Waals surface area contributed by atoms with Crippen molar-refractivity contribution >= 4 is 5.78 Å². The van der Waals surface area contributed by atoms with Gasteiger partial charge in [0.05, 0.1) is 11.8 Å². The zero-order chi connectivity index (χ0) is 11.0. The third-order valence-corrected chi connectivity index (χ3v) is 3.23. The fourth-order valence-corrected chi connectivity index (χ4v) is 2.38. The van der Waals surface area contributed by atoms with E-state index in [9.17, 15) is 4.79 Å². The minimum absolute atomic E-state index is 0.0926. The summed E-state index contributed by atoms with van der Waals surface area (Å²) in [5.41, 5.74) is 3.31. The molecule has 2 aromatic rings. The summed E-state index contributed by atoms with van der Waals surface area (Å²) in [6.07, 6.45) is 4.81. The molecule has 0 radical (unpaired) electrons. The lowest BCUT2D eigenvalue weighted by Gasteiger charge is -2.04. The van der Waals surface area contributed by atoms with Gasteiger partial charge in [0.15, 0.2) is 5.78 Å². The molecule has 0 amide bonds. The Morgan fingerprint density at radius 1 is 1.12 bits per heavy atom. The lowest BCUT2D eigenvalue weighted by Crippen LogP contribution is -2.14.